The minimum atomic E-state index is -4.30. The summed E-state index contributed by atoms with van der Waals surface area (Å²) in [4.78, 5) is 11.0. The molecule has 8 nitrogen and oxygen atoms in total. The van der Waals surface area contributed by atoms with Crippen LogP contribution in [0.4, 0.5) is 5.69 Å². The van der Waals surface area contributed by atoms with E-state index in [0.29, 0.717) is 6.54 Å². The number of carbonyl (C=O) groups is 1. The first-order chi connectivity index (χ1) is 13.7. The Morgan fingerprint density at radius 3 is 2.28 bits per heavy atom. The fourth-order valence-corrected chi connectivity index (χ4v) is 3.30. The number of carboxylic acids is 1. The lowest BCUT2D eigenvalue weighted by Gasteiger charge is -2.17. The number of benzene rings is 3. The number of ether oxygens (including phenoxy) is 1. The number of phenolic OH excluding ortho intramolecular Hbond substituents is 1. The maximum absolute atomic E-state index is 12.1. The molecular weight excluding hydrogens is 396 g/mol. The van der Waals surface area contributed by atoms with Gasteiger partial charge >= 0.3 is 5.97 Å². The molecule has 0 saturated heterocycles. The zero-order chi connectivity index (χ0) is 21.0. The van der Waals surface area contributed by atoms with Crippen LogP contribution in [0.1, 0.15) is 15.9 Å². The molecule has 0 radical (unpaired) electrons. The first kappa shape index (κ1) is 20.2. The van der Waals surface area contributed by atoms with Crippen molar-refractivity contribution in [3.63, 3.8) is 0 Å². The topological polar surface area (TPSA) is 139 Å². The van der Waals surface area contributed by atoms with Crippen LogP contribution < -0.4 is 15.2 Å². The van der Waals surface area contributed by atoms with Crippen LogP contribution in [-0.4, -0.2) is 24.6 Å². The van der Waals surface area contributed by atoms with Gasteiger partial charge in [0.05, 0.1) is 11.3 Å². The summed E-state index contributed by atoms with van der Waals surface area (Å²) in [6.45, 7) is 0.292. The summed E-state index contributed by atoms with van der Waals surface area (Å²) in [6, 6.07) is 17.1. The number of aromatic hydroxyl groups is 1. The molecule has 0 atom stereocenters. The van der Waals surface area contributed by atoms with E-state index in [1.54, 1.807) is 0 Å². The van der Waals surface area contributed by atoms with Gasteiger partial charge in [0.25, 0.3) is 0 Å². The van der Waals surface area contributed by atoms with Gasteiger partial charge in [0.2, 0.25) is 10.0 Å². The summed E-state index contributed by atoms with van der Waals surface area (Å²) in [5.41, 5.74) is 0.773. The normalized spacial score (nSPS) is 11.1. The van der Waals surface area contributed by atoms with Gasteiger partial charge in [-0.15, -0.1) is 0 Å². The van der Waals surface area contributed by atoms with Crippen molar-refractivity contribution in [1.82, 2.24) is 0 Å². The van der Waals surface area contributed by atoms with E-state index in [0.717, 1.165) is 11.6 Å². The van der Waals surface area contributed by atoms with E-state index in [9.17, 15) is 23.4 Å². The average Bonchev–Trinajstić information content (AvgIpc) is 2.68. The summed E-state index contributed by atoms with van der Waals surface area (Å²) in [5.74, 6) is -1.21. The molecule has 150 valence electrons. The second-order valence-corrected chi connectivity index (χ2v) is 7.67. The molecule has 9 heteroatoms. The lowest BCUT2D eigenvalue weighted by atomic mass is 10.1. The first-order valence-corrected chi connectivity index (χ1v) is 9.97. The molecule has 0 aliphatic carbocycles. The third-order valence-electron chi connectivity index (χ3n) is 3.99. The SMILES string of the molecule is NS(=O)(=O)c1cc(C(=O)O)cc(NCc2ccccc2)c1Oc1ccc(O)cc1. The number of nitrogens with one attached hydrogen (secondary N) is 1. The summed E-state index contributed by atoms with van der Waals surface area (Å²) >= 11 is 0. The van der Waals surface area contributed by atoms with Crippen molar-refractivity contribution in [3.8, 4) is 17.2 Å². The van der Waals surface area contributed by atoms with Crippen molar-refractivity contribution in [1.29, 1.82) is 0 Å². The van der Waals surface area contributed by atoms with E-state index in [2.05, 4.69) is 5.32 Å². The molecule has 0 amide bonds. The van der Waals surface area contributed by atoms with Crippen molar-refractivity contribution < 1.29 is 28.2 Å². The Balaban J connectivity index is 2.09. The molecular formula is C20H18N2O6S. The number of hydrogen-bond acceptors (Lipinski definition) is 6. The smallest absolute Gasteiger partial charge is 0.335 e. The molecule has 0 aliphatic rings. The van der Waals surface area contributed by atoms with Crippen LogP contribution in [0.2, 0.25) is 0 Å². The number of primary sulfonamides is 1. The fraction of sp³-hybridized carbons (Fsp3) is 0.0500. The lowest BCUT2D eigenvalue weighted by Crippen LogP contribution is -2.16. The minimum Gasteiger partial charge on any atom is -0.508 e. The van der Waals surface area contributed by atoms with Crippen LogP contribution in [0.25, 0.3) is 0 Å². The Hall–Kier alpha value is -3.56. The highest BCUT2D eigenvalue weighted by atomic mass is 32.2. The van der Waals surface area contributed by atoms with E-state index in [4.69, 9.17) is 9.88 Å². The molecule has 0 bridgehead atoms. The Kier molecular flexibility index (Phi) is 5.71. The zero-order valence-corrected chi connectivity index (χ0v) is 15.9. The molecule has 0 aliphatic heterocycles. The number of aromatic carboxylic acids is 1. The lowest BCUT2D eigenvalue weighted by molar-refractivity contribution is 0.0696. The molecule has 0 fully saturated rings. The van der Waals surface area contributed by atoms with E-state index >= 15 is 0 Å². The summed E-state index contributed by atoms with van der Waals surface area (Å²) in [5, 5.41) is 27.1. The van der Waals surface area contributed by atoms with Gasteiger partial charge in [0.15, 0.2) is 5.75 Å². The van der Waals surface area contributed by atoms with Gasteiger partial charge in [-0.2, -0.15) is 0 Å². The zero-order valence-electron chi connectivity index (χ0n) is 15.1. The largest absolute Gasteiger partial charge is 0.508 e. The molecule has 0 saturated carbocycles. The molecule has 3 rings (SSSR count). The second-order valence-electron chi connectivity index (χ2n) is 6.14. The molecule has 0 spiro atoms. The Bertz CT molecular complexity index is 1130. The monoisotopic (exact) mass is 414 g/mol. The Morgan fingerprint density at radius 1 is 1.03 bits per heavy atom. The van der Waals surface area contributed by atoms with Gasteiger partial charge in [-0.25, -0.2) is 18.4 Å². The predicted molar refractivity (Wildman–Crippen MR) is 107 cm³/mol. The third kappa shape index (κ3) is 5.03. The number of sulfonamides is 1. The van der Waals surface area contributed by atoms with Crippen LogP contribution >= 0.6 is 0 Å². The van der Waals surface area contributed by atoms with Gasteiger partial charge in [-0.3, -0.25) is 0 Å². The highest BCUT2D eigenvalue weighted by Gasteiger charge is 2.23. The fourth-order valence-electron chi connectivity index (χ4n) is 2.60. The summed E-state index contributed by atoms with van der Waals surface area (Å²) in [6.07, 6.45) is 0. The van der Waals surface area contributed by atoms with E-state index in [-0.39, 0.29) is 28.5 Å². The quantitative estimate of drug-likeness (QED) is 0.466. The van der Waals surface area contributed by atoms with Crippen LogP contribution in [0.5, 0.6) is 17.2 Å². The average molecular weight is 414 g/mol. The number of anilines is 1. The molecule has 0 aromatic heterocycles. The van der Waals surface area contributed by atoms with Crippen LogP contribution in [-0.2, 0) is 16.6 Å². The van der Waals surface area contributed by atoms with Gasteiger partial charge in [-0.1, -0.05) is 30.3 Å². The van der Waals surface area contributed by atoms with Gasteiger partial charge in [0, 0.05) is 6.54 Å². The Labute approximate surface area is 167 Å². The van der Waals surface area contributed by atoms with Crippen molar-refractivity contribution in [3.05, 3.63) is 77.9 Å². The van der Waals surface area contributed by atoms with Gasteiger partial charge in [0.1, 0.15) is 16.4 Å². The molecule has 29 heavy (non-hydrogen) atoms. The highest BCUT2D eigenvalue weighted by Crippen LogP contribution is 2.37. The Morgan fingerprint density at radius 2 is 1.69 bits per heavy atom. The predicted octanol–water partition coefficient (Wildman–Crippen LogP) is 3.14. The molecule has 5 N–H and O–H groups in total. The van der Waals surface area contributed by atoms with Crippen molar-refractivity contribution in [2.45, 2.75) is 11.4 Å². The maximum Gasteiger partial charge on any atom is 0.335 e. The molecule has 3 aromatic carbocycles. The number of nitrogens with two attached hydrogens (primary N) is 1. The molecule has 3 aromatic rings. The van der Waals surface area contributed by atoms with Crippen molar-refractivity contribution >= 4 is 21.7 Å². The van der Waals surface area contributed by atoms with Crippen LogP contribution in [0.3, 0.4) is 0 Å². The van der Waals surface area contributed by atoms with Gasteiger partial charge < -0.3 is 20.3 Å². The minimum absolute atomic E-state index is 0.00710. The van der Waals surface area contributed by atoms with Crippen LogP contribution in [0.15, 0.2) is 71.6 Å². The van der Waals surface area contributed by atoms with Crippen molar-refractivity contribution in [2.75, 3.05) is 5.32 Å². The standard InChI is InChI=1S/C20H18N2O6S/c21-29(26,27)18-11-14(20(24)25)10-17(22-12-13-4-2-1-3-5-13)19(18)28-16-8-6-15(23)7-9-16/h1-11,22-23H,12H2,(H,24,25)(H2,21,26,27). The van der Waals surface area contributed by atoms with E-state index in [1.807, 2.05) is 30.3 Å². The number of rotatable bonds is 7. The van der Waals surface area contributed by atoms with E-state index in [1.165, 1.54) is 30.3 Å². The number of hydrogen-bond donors (Lipinski definition) is 4. The van der Waals surface area contributed by atoms with E-state index < -0.39 is 20.9 Å². The second kappa shape index (κ2) is 8.21. The molecule has 0 unspecified atom stereocenters. The number of phenols is 1. The van der Waals surface area contributed by atoms with Gasteiger partial charge in [-0.05, 0) is 42.0 Å². The highest BCUT2D eigenvalue weighted by molar-refractivity contribution is 7.89. The first-order valence-electron chi connectivity index (χ1n) is 8.43. The summed E-state index contributed by atoms with van der Waals surface area (Å²) < 4.78 is 30.0. The third-order valence-corrected chi connectivity index (χ3v) is 4.91. The maximum atomic E-state index is 12.1. The van der Waals surface area contributed by atoms with Crippen LogP contribution in [0, 0.1) is 0 Å². The summed E-state index contributed by atoms with van der Waals surface area (Å²) in [7, 11) is -4.30. The molecule has 0 heterocycles. The number of carboxylic acid groups (broad SMARTS) is 1. The van der Waals surface area contributed by atoms with Crippen molar-refractivity contribution in [2.24, 2.45) is 5.14 Å².